The Balaban J connectivity index is 2.50. The van der Waals surface area contributed by atoms with Crippen LogP contribution in [0.5, 0.6) is 5.75 Å². The highest BCUT2D eigenvalue weighted by Crippen LogP contribution is 2.30. The van der Waals surface area contributed by atoms with Crippen molar-refractivity contribution in [3.05, 3.63) is 58.1 Å². The summed E-state index contributed by atoms with van der Waals surface area (Å²) in [5, 5.41) is 11.2. The summed E-state index contributed by atoms with van der Waals surface area (Å²) in [5.41, 5.74) is -0.393. The average molecular weight is 400 g/mol. The van der Waals surface area contributed by atoms with Gasteiger partial charge in [0.1, 0.15) is 5.75 Å². The average Bonchev–Trinajstić information content (AvgIpc) is 2.54. The Bertz CT molecular complexity index is 1050. The zero-order valence-corrected chi connectivity index (χ0v) is 15.5. The molecule has 2 rings (SSSR count). The highest BCUT2D eigenvalue weighted by Gasteiger charge is 2.27. The Hall–Kier alpha value is -2.66. The predicted molar refractivity (Wildman–Crippen MR) is 95.4 cm³/mol. The lowest BCUT2D eigenvalue weighted by Crippen LogP contribution is -2.16. The lowest BCUT2D eigenvalue weighted by atomic mass is 10.2. The highest BCUT2D eigenvalue weighted by atomic mass is 32.2. The number of hydrogen-bond donors (Lipinski definition) is 1. The Morgan fingerprint density at radius 1 is 1.12 bits per heavy atom. The summed E-state index contributed by atoms with van der Waals surface area (Å²) in [6.07, 6.45) is 1.02. The molecular weight excluding hydrogens is 384 g/mol. The number of sulfone groups is 1. The SMILES string of the molecule is COc1ccc(S(=O)(=O)Nc2ccccc2CS(C)(=O)=O)c([N+](=O)[O-])c1. The van der Waals surface area contributed by atoms with Crippen LogP contribution < -0.4 is 9.46 Å². The van der Waals surface area contributed by atoms with E-state index in [1.54, 1.807) is 6.07 Å². The number of methoxy groups -OCH3 is 1. The standard InChI is InChI=1S/C15H16N2O7S2/c1-24-12-7-8-15(14(9-12)17(18)19)26(22,23)16-13-6-4-3-5-11(13)10-25(2,20)21/h3-9,16H,10H2,1-2H3. The second-order valence-electron chi connectivity index (χ2n) is 5.42. The molecule has 0 atom stereocenters. The first-order valence-electron chi connectivity index (χ1n) is 7.14. The van der Waals surface area contributed by atoms with Crippen LogP contribution in [0.1, 0.15) is 5.56 Å². The number of nitrogens with one attached hydrogen (secondary N) is 1. The zero-order valence-electron chi connectivity index (χ0n) is 13.9. The van der Waals surface area contributed by atoms with E-state index in [9.17, 15) is 26.9 Å². The molecule has 0 spiro atoms. The molecule has 9 nitrogen and oxygen atoms in total. The predicted octanol–water partition coefficient (Wildman–Crippen LogP) is 1.95. The smallest absolute Gasteiger partial charge is 0.293 e. The minimum absolute atomic E-state index is 0.0306. The number of hydrogen-bond acceptors (Lipinski definition) is 7. The van der Waals surface area contributed by atoms with Crippen molar-refractivity contribution in [2.75, 3.05) is 18.1 Å². The number of benzene rings is 2. The molecule has 1 N–H and O–H groups in total. The van der Waals surface area contributed by atoms with Crippen molar-refractivity contribution in [2.45, 2.75) is 10.6 Å². The molecule has 0 aliphatic carbocycles. The van der Waals surface area contributed by atoms with Crippen LogP contribution in [0.2, 0.25) is 0 Å². The molecule has 0 amide bonds. The van der Waals surface area contributed by atoms with Gasteiger partial charge in [-0.1, -0.05) is 18.2 Å². The minimum atomic E-state index is -4.33. The molecule has 0 fully saturated rings. The minimum Gasteiger partial charge on any atom is -0.497 e. The topological polar surface area (TPSA) is 133 Å². The monoisotopic (exact) mass is 400 g/mol. The van der Waals surface area contributed by atoms with Crippen LogP contribution in [0.25, 0.3) is 0 Å². The molecule has 0 aliphatic heterocycles. The number of anilines is 1. The summed E-state index contributed by atoms with van der Waals surface area (Å²) in [4.78, 5) is 9.83. The zero-order chi connectivity index (χ0) is 19.5. The number of nitro groups is 1. The highest BCUT2D eigenvalue weighted by molar-refractivity contribution is 7.93. The number of para-hydroxylation sites is 1. The second kappa shape index (κ2) is 7.30. The van der Waals surface area contributed by atoms with Crippen molar-refractivity contribution in [2.24, 2.45) is 0 Å². The Morgan fingerprint density at radius 2 is 1.77 bits per heavy atom. The van der Waals surface area contributed by atoms with E-state index in [0.717, 1.165) is 18.4 Å². The second-order valence-corrected chi connectivity index (χ2v) is 9.21. The summed E-state index contributed by atoms with van der Waals surface area (Å²) >= 11 is 0. The number of nitrogens with zero attached hydrogens (tertiary/aromatic N) is 1. The van der Waals surface area contributed by atoms with Gasteiger partial charge in [0.2, 0.25) is 0 Å². The largest absolute Gasteiger partial charge is 0.497 e. The van der Waals surface area contributed by atoms with Gasteiger partial charge in [0.25, 0.3) is 15.7 Å². The molecule has 0 bridgehead atoms. The van der Waals surface area contributed by atoms with Gasteiger partial charge in [-0.25, -0.2) is 16.8 Å². The van der Waals surface area contributed by atoms with Gasteiger partial charge in [0.05, 0.1) is 29.5 Å². The lowest BCUT2D eigenvalue weighted by molar-refractivity contribution is -0.387. The lowest BCUT2D eigenvalue weighted by Gasteiger charge is -2.12. The van der Waals surface area contributed by atoms with Crippen LogP contribution in [0.15, 0.2) is 47.4 Å². The van der Waals surface area contributed by atoms with Crippen molar-refractivity contribution >= 4 is 31.2 Å². The molecule has 0 aromatic heterocycles. The molecule has 11 heteroatoms. The maximum absolute atomic E-state index is 12.6. The van der Waals surface area contributed by atoms with E-state index in [1.165, 1.54) is 31.4 Å². The summed E-state index contributed by atoms with van der Waals surface area (Å²) in [6, 6.07) is 9.26. The third-order valence-electron chi connectivity index (χ3n) is 3.33. The van der Waals surface area contributed by atoms with Crippen molar-refractivity contribution in [3.63, 3.8) is 0 Å². The van der Waals surface area contributed by atoms with Crippen LogP contribution in [0.4, 0.5) is 11.4 Å². The molecule has 0 radical (unpaired) electrons. The molecule has 2 aromatic rings. The number of sulfonamides is 1. The van der Waals surface area contributed by atoms with E-state index in [1.807, 2.05) is 0 Å². The molecule has 0 aliphatic rings. The van der Waals surface area contributed by atoms with Crippen LogP contribution in [-0.2, 0) is 25.6 Å². The molecular formula is C15H16N2O7S2. The summed E-state index contributed by atoms with van der Waals surface area (Å²) < 4.78 is 55.4. The molecule has 26 heavy (non-hydrogen) atoms. The fourth-order valence-electron chi connectivity index (χ4n) is 2.22. The molecule has 0 heterocycles. The van der Waals surface area contributed by atoms with Crippen LogP contribution in [-0.4, -0.2) is 35.1 Å². The van der Waals surface area contributed by atoms with Gasteiger partial charge in [0.15, 0.2) is 14.7 Å². The van der Waals surface area contributed by atoms with Crippen LogP contribution in [0.3, 0.4) is 0 Å². The van der Waals surface area contributed by atoms with E-state index >= 15 is 0 Å². The van der Waals surface area contributed by atoms with Gasteiger partial charge >= 0.3 is 0 Å². The number of ether oxygens (including phenoxy) is 1. The maximum atomic E-state index is 12.6. The number of rotatable bonds is 7. The fraction of sp³-hybridized carbons (Fsp3) is 0.200. The van der Waals surface area contributed by atoms with Gasteiger partial charge in [-0.05, 0) is 23.8 Å². The summed E-state index contributed by atoms with van der Waals surface area (Å²) in [6.45, 7) is 0. The van der Waals surface area contributed by atoms with Gasteiger partial charge in [-0.2, -0.15) is 0 Å². The Labute approximate surface area is 150 Å². The fourth-order valence-corrected chi connectivity index (χ4v) is 4.29. The van der Waals surface area contributed by atoms with Gasteiger partial charge < -0.3 is 4.74 Å². The third kappa shape index (κ3) is 4.70. The van der Waals surface area contributed by atoms with E-state index in [2.05, 4.69) is 4.72 Å². The van der Waals surface area contributed by atoms with Crippen LogP contribution in [0, 0.1) is 10.1 Å². The summed E-state index contributed by atoms with van der Waals surface area (Å²) in [7, 11) is -6.45. The van der Waals surface area contributed by atoms with Gasteiger partial charge in [-0.3, -0.25) is 14.8 Å². The van der Waals surface area contributed by atoms with Crippen LogP contribution >= 0.6 is 0 Å². The molecule has 0 saturated carbocycles. The normalized spacial score (nSPS) is 11.8. The van der Waals surface area contributed by atoms with Crippen molar-refractivity contribution in [1.82, 2.24) is 0 Å². The molecule has 140 valence electrons. The van der Waals surface area contributed by atoms with Gasteiger partial charge in [-0.15, -0.1) is 0 Å². The van der Waals surface area contributed by atoms with Crippen molar-refractivity contribution in [1.29, 1.82) is 0 Å². The molecule has 0 saturated heterocycles. The Morgan fingerprint density at radius 3 is 2.35 bits per heavy atom. The first-order valence-corrected chi connectivity index (χ1v) is 10.7. The quantitative estimate of drug-likeness (QED) is 0.555. The van der Waals surface area contributed by atoms with Crippen molar-refractivity contribution in [3.8, 4) is 5.75 Å². The Kier molecular flexibility index (Phi) is 5.52. The summed E-state index contributed by atoms with van der Waals surface area (Å²) in [5.74, 6) is -0.246. The van der Waals surface area contributed by atoms with E-state index < -0.39 is 35.4 Å². The maximum Gasteiger partial charge on any atom is 0.293 e. The van der Waals surface area contributed by atoms with Gasteiger partial charge in [0, 0.05) is 6.26 Å². The van der Waals surface area contributed by atoms with E-state index in [0.29, 0.717) is 0 Å². The third-order valence-corrected chi connectivity index (χ3v) is 5.58. The van der Waals surface area contributed by atoms with E-state index in [-0.39, 0.29) is 22.8 Å². The molecule has 2 aromatic carbocycles. The first kappa shape index (κ1) is 19.7. The first-order chi connectivity index (χ1) is 12.0. The number of nitro benzene ring substituents is 1. The van der Waals surface area contributed by atoms with E-state index in [4.69, 9.17) is 4.74 Å². The molecule has 0 unspecified atom stereocenters. The van der Waals surface area contributed by atoms with Crippen molar-refractivity contribution < 1.29 is 26.5 Å².